The molecule has 2 heterocycles. The predicted octanol–water partition coefficient (Wildman–Crippen LogP) is 6.60. The summed E-state index contributed by atoms with van der Waals surface area (Å²) in [6.07, 6.45) is 11.6. The first kappa shape index (κ1) is 34.6. The van der Waals surface area contributed by atoms with Crippen LogP contribution < -0.4 is 21.6 Å². The average Bonchev–Trinajstić information content (AvgIpc) is 3.79. The second-order valence-corrected chi connectivity index (χ2v) is 16.6. The van der Waals surface area contributed by atoms with Crippen molar-refractivity contribution in [3.63, 3.8) is 0 Å². The third kappa shape index (κ3) is 6.16. The molecule has 2 aromatic rings. The van der Waals surface area contributed by atoms with E-state index < -0.39 is 14.2 Å². The Morgan fingerprint density at radius 3 is 2.02 bits per heavy atom. The molecule has 0 unspecified atom stereocenters. The first-order chi connectivity index (χ1) is 24.4. The van der Waals surface area contributed by atoms with Crippen LogP contribution in [0.5, 0.6) is 0 Å². The number of anilines is 2. The Morgan fingerprint density at radius 1 is 0.804 bits per heavy atom. The molecule has 0 spiro atoms. The lowest BCUT2D eigenvalue weighted by molar-refractivity contribution is -0.113. The van der Waals surface area contributed by atoms with Gasteiger partial charge in [-0.25, -0.2) is 0 Å². The van der Waals surface area contributed by atoms with Gasteiger partial charge in [-0.05, 0) is 140 Å². The molecule has 0 radical (unpaired) electrons. The summed E-state index contributed by atoms with van der Waals surface area (Å²) in [5.74, 6) is 1.58. The monoisotopic (exact) mass is 688 g/mol. The molecule has 10 heteroatoms. The van der Waals surface area contributed by atoms with E-state index in [9.17, 15) is 9.59 Å². The van der Waals surface area contributed by atoms with Gasteiger partial charge in [0.25, 0.3) is 11.8 Å². The van der Waals surface area contributed by atoms with Crippen LogP contribution in [0.3, 0.4) is 0 Å². The maximum absolute atomic E-state index is 12.3. The maximum atomic E-state index is 12.3. The Kier molecular flexibility index (Phi) is 8.97. The Bertz CT molecular complexity index is 1830. The molecule has 2 amide bonds. The van der Waals surface area contributed by atoms with Gasteiger partial charge in [-0.15, -0.1) is 0 Å². The number of carbonyl (C=O) groups is 2. The topological polar surface area (TPSA) is 95.1 Å². The van der Waals surface area contributed by atoms with Gasteiger partial charge in [0.05, 0.1) is 13.2 Å². The normalized spacial score (nSPS) is 31.8. The van der Waals surface area contributed by atoms with Gasteiger partial charge < -0.3 is 29.3 Å². The van der Waals surface area contributed by atoms with Gasteiger partial charge in [0.2, 0.25) is 0 Å². The summed E-state index contributed by atoms with van der Waals surface area (Å²) in [4.78, 5) is 24.5. The number of nitrogens with one attached hydrogen (secondary N) is 2. The average molecular weight is 688 g/mol. The van der Waals surface area contributed by atoms with Gasteiger partial charge in [-0.1, -0.05) is 50.8 Å². The Labute approximate surface area is 303 Å². The number of hydrogen-bond donors (Lipinski definition) is 2. The number of allylic oxidation sites excluding steroid dienone is 1. The van der Waals surface area contributed by atoms with Gasteiger partial charge in [0.1, 0.15) is 0 Å². The summed E-state index contributed by atoms with van der Waals surface area (Å²) in [5.41, 5.74) is 8.56. The van der Waals surface area contributed by atoms with Crippen molar-refractivity contribution in [2.24, 2.45) is 28.6 Å². The Morgan fingerprint density at radius 2 is 1.41 bits per heavy atom. The molecule has 6 aliphatic rings. The van der Waals surface area contributed by atoms with Crippen molar-refractivity contribution >= 4 is 48.4 Å². The highest BCUT2D eigenvalue weighted by Crippen LogP contribution is 2.65. The molecular weight excluding hydrogens is 638 g/mol. The van der Waals surface area contributed by atoms with Crippen LogP contribution in [-0.2, 0) is 41.4 Å². The Hall–Kier alpha value is -3.43. The van der Waals surface area contributed by atoms with Crippen LogP contribution in [0.1, 0.15) is 90.2 Å². The van der Waals surface area contributed by atoms with E-state index >= 15 is 0 Å². The molecule has 0 aromatic heterocycles. The van der Waals surface area contributed by atoms with Gasteiger partial charge in [0.15, 0.2) is 0 Å². The van der Waals surface area contributed by atoms with Crippen LogP contribution in [-0.4, -0.2) is 38.3 Å². The number of benzene rings is 2. The predicted molar refractivity (Wildman–Crippen MR) is 202 cm³/mol. The lowest BCUT2D eigenvalue weighted by Crippen LogP contribution is -2.52. The molecule has 2 aliphatic heterocycles. The van der Waals surface area contributed by atoms with E-state index in [2.05, 4.69) is 43.7 Å². The number of amides is 2. The van der Waals surface area contributed by atoms with Crippen LogP contribution in [0, 0.1) is 28.6 Å². The molecule has 2 aromatic carbocycles. The van der Waals surface area contributed by atoms with E-state index in [4.69, 9.17) is 18.6 Å². The summed E-state index contributed by atoms with van der Waals surface area (Å²) in [6, 6.07) is 11.9. The second kappa shape index (κ2) is 13.2. The van der Waals surface area contributed by atoms with Crippen LogP contribution in [0.4, 0.5) is 11.4 Å². The van der Waals surface area contributed by atoms with E-state index in [0.29, 0.717) is 42.1 Å². The lowest BCUT2D eigenvalue weighted by atomic mass is 9.48. The third-order valence-electron chi connectivity index (χ3n) is 13.4. The van der Waals surface area contributed by atoms with Crippen molar-refractivity contribution in [1.29, 1.82) is 0 Å². The van der Waals surface area contributed by atoms with Gasteiger partial charge >= 0.3 is 14.2 Å². The zero-order valence-electron chi connectivity index (χ0n) is 30.5. The van der Waals surface area contributed by atoms with E-state index in [-0.39, 0.29) is 34.9 Å². The van der Waals surface area contributed by atoms with Crippen LogP contribution in [0.15, 0.2) is 72.4 Å². The molecule has 2 N–H and O–H groups in total. The molecule has 3 saturated carbocycles. The van der Waals surface area contributed by atoms with Gasteiger partial charge in [0, 0.05) is 34.7 Å². The minimum Gasteiger partial charge on any atom is -0.404 e. The molecule has 7 atom stereocenters. The summed E-state index contributed by atoms with van der Waals surface area (Å²) in [5, 5.41) is 5.88. The third-order valence-corrected chi connectivity index (χ3v) is 13.4. The Balaban J connectivity index is 0.927. The standard InChI is InChI=1S/C41H50B2N2O6/c1-24(2)38(46)44-29-10-7-26-22-48-42(35(26)20-29)50-31-15-17-40(5)28(19-31)9-12-32-33-13-14-37(41(33,6)18-16-34(32)40)51-43-36-21-30(45-39(47)25(3)4)11-8-27(36)23-49-43/h7-11,20-21,31-34,37H,1,3,12-19,22-23H2,2,4-6H3,(H,44,46)(H,45,47)/t31-,32-,33-,34-,37-,40-,41-/m0/s1. The van der Waals surface area contributed by atoms with Crippen molar-refractivity contribution in [3.8, 4) is 0 Å². The molecule has 0 bridgehead atoms. The van der Waals surface area contributed by atoms with Gasteiger partial charge in [-0.2, -0.15) is 0 Å². The van der Waals surface area contributed by atoms with E-state index in [1.807, 2.05) is 36.4 Å². The number of rotatable bonds is 8. The fourth-order valence-corrected chi connectivity index (χ4v) is 10.5. The summed E-state index contributed by atoms with van der Waals surface area (Å²) < 4.78 is 26.0. The molecular formula is C41H50B2N2O6. The van der Waals surface area contributed by atoms with Crippen LogP contribution in [0.2, 0.25) is 0 Å². The zero-order chi connectivity index (χ0) is 35.7. The minimum atomic E-state index is -0.420. The zero-order valence-corrected chi connectivity index (χ0v) is 30.5. The largest absolute Gasteiger partial charge is 0.494 e. The number of fused-ring (bicyclic) bond motifs is 7. The molecule has 51 heavy (non-hydrogen) atoms. The minimum absolute atomic E-state index is 0.104. The fraction of sp³-hybridized carbons (Fsp3) is 0.512. The van der Waals surface area contributed by atoms with Gasteiger partial charge in [-0.3, -0.25) is 9.59 Å². The van der Waals surface area contributed by atoms with E-state index in [1.165, 1.54) is 12.8 Å². The van der Waals surface area contributed by atoms with Crippen molar-refractivity contribution in [1.82, 2.24) is 0 Å². The molecule has 266 valence electrons. The van der Waals surface area contributed by atoms with Crippen LogP contribution >= 0.6 is 0 Å². The number of hydrogen-bond acceptors (Lipinski definition) is 6. The molecule has 3 fully saturated rings. The van der Waals surface area contributed by atoms with Crippen molar-refractivity contribution in [3.05, 3.63) is 83.5 Å². The first-order valence-electron chi connectivity index (χ1n) is 18.9. The van der Waals surface area contributed by atoms with E-state index in [1.54, 1.807) is 19.4 Å². The molecule has 0 saturated heterocycles. The van der Waals surface area contributed by atoms with Crippen LogP contribution in [0.25, 0.3) is 0 Å². The second-order valence-electron chi connectivity index (χ2n) is 16.6. The molecule has 8 nitrogen and oxygen atoms in total. The first-order valence-corrected chi connectivity index (χ1v) is 18.9. The lowest BCUT2D eigenvalue weighted by Gasteiger charge is -2.58. The fourth-order valence-electron chi connectivity index (χ4n) is 10.5. The quantitative estimate of drug-likeness (QED) is 0.185. The molecule has 8 rings (SSSR count). The smallest absolute Gasteiger partial charge is 0.404 e. The summed E-state index contributed by atoms with van der Waals surface area (Å²) >= 11 is 0. The summed E-state index contributed by atoms with van der Waals surface area (Å²) in [7, 11) is -0.834. The SMILES string of the molecule is C=C(C)C(=O)Nc1ccc2c(c1)B(O[C@H]1CC[C@@]3(C)C(=CC[C@H]4[C@@H]5CC[C@H](OB6OCc7ccc(NC(=O)C(=C)C)cc76)[C@@]5(C)CC[C@@H]43)C1)OC2. The highest BCUT2D eigenvalue weighted by atomic mass is 16.6. The van der Waals surface area contributed by atoms with Crippen molar-refractivity contribution < 1.29 is 28.2 Å². The highest BCUT2D eigenvalue weighted by molar-refractivity contribution is 6.63. The van der Waals surface area contributed by atoms with Crippen molar-refractivity contribution in [2.75, 3.05) is 10.6 Å². The van der Waals surface area contributed by atoms with Crippen molar-refractivity contribution in [2.45, 2.75) is 104 Å². The molecule has 4 aliphatic carbocycles. The maximum Gasteiger partial charge on any atom is 0.494 e. The number of carbonyl (C=O) groups excluding carboxylic acids is 2. The summed E-state index contributed by atoms with van der Waals surface area (Å²) in [6.45, 7) is 17.0. The van der Waals surface area contributed by atoms with E-state index in [0.717, 1.165) is 72.0 Å². The highest BCUT2D eigenvalue weighted by Gasteiger charge is 2.60.